The molecule has 1 fully saturated rings. The van der Waals surface area contributed by atoms with Crippen molar-refractivity contribution in [3.05, 3.63) is 29.3 Å². The van der Waals surface area contributed by atoms with Crippen LogP contribution >= 0.6 is 0 Å². The molecule has 0 radical (unpaired) electrons. The molecule has 1 aliphatic rings. The van der Waals surface area contributed by atoms with Crippen molar-refractivity contribution >= 4 is 5.82 Å². The van der Waals surface area contributed by atoms with Crippen LogP contribution in [-0.4, -0.2) is 51.2 Å². The first-order chi connectivity index (χ1) is 12.4. The number of hydrogen-bond donors (Lipinski definition) is 0. The molecule has 2 aromatic heterocycles. The SMILES string of the molecule is Cc1cc(N2CCN(Cc3nc(CC(C)C)no3)CC2)nc(C(C)C)n1. The maximum atomic E-state index is 5.40. The van der Waals surface area contributed by atoms with Gasteiger partial charge in [-0.15, -0.1) is 0 Å². The predicted octanol–water partition coefficient (Wildman–Crippen LogP) is 2.81. The van der Waals surface area contributed by atoms with Crippen molar-refractivity contribution in [1.29, 1.82) is 0 Å². The molecule has 0 saturated carbocycles. The maximum Gasteiger partial charge on any atom is 0.240 e. The lowest BCUT2D eigenvalue weighted by atomic mass is 10.1. The summed E-state index contributed by atoms with van der Waals surface area (Å²) in [7, 11) is 0. The van der Waals surface area contributed by atoms with Crippen molar-refractivity contribution in [2.24, 2.45) is 5.92 Å². The van der Waals surface area contributed by atoms with Crippen LogP contribution < -0.4 is 4.90 Å². The summed E-state index contributed by atoms with van der Waals surface area (Å²) in [5.74, 6) is 4.37. The third kappa shape index (κ3) is 4.78. The van der Waals surface area contributed by atoms with E-state index in [1.54, 1.807) is 0 Å². The van der Waals surface area contributed by atoms with Crippen molar-refractivity contribution in [2.45, 2.75) is 53.5 Å². The Kier molecular flexibility index (Phi) is 5.86. The molecule has 1 saturated heterocycles. The van der Waals surface area contributed by atoms with Crippen LogP contribution in [0.4, 0.5) is 5.82 Å². The topological polar surface area (TPSA) is 71.2 Å². The highest BCUT2D eigenvalue weighted by molar-refractivity contribution is 5.40. The molecule has 2 aromatic rings. The molecule has 1 aliphatic heterocycles. The van der Waals surface area contributed by atoms with E-state index in [4.69, 9.17) is 9.51 Å². The quantitative estimate of drug-likeness (QED) is 0.786. The number of piperazine rings is 1. The minimum Gasteiger partial charge on any atom is -0.354 e. The Hall–Kier alpha value is -2.02. The van der Waals surface area contributed by atoms with Gasteiger partial charge < -0.3 is 9.42 Å². The summed E-state index contributed by atoms with van der Waals surface area (Å²) < 4.78 is 5.40. The minimum atomic E-state index is 0.340. The molecule has 0 aliphatic carbocycles. The zero-order valence-corrected chi connectivity index (χ0v) is 16.6. The van der Waals surface area contributed by atoms with Crippen molar-refractivity contribution in [1.82, 2.24) is 25.0 Å². The molecule has 142 valence electrons. The fourth-order valence-electron chi connectivity index (χ4n) is 3.12. The zero-order valence-electron chi connectivity index (χ0n) is 16.6. The van der Waals surface area contributed by atoms with Gasteiger partial charge in [0.15, 0.2) is 5.82 Å². The molecule has 3 rings (SSSR count). The summed E-state index contributed by atoms with van der Waals surface area (Å²) in [5.41, 5.74) is 1.03. The van der Waals surface area contributed by atoms with Crippen LogP contribution in [0.3, 0.4) is 0 Å². The lowest BCUT2D eigenvalue weighted by molar-refractivity contribution is 0.215. The number of hydrogen-bond acceptors (Lipinski definition) is 7. The lowest BCUT2D eigenvalue weighted by Gasteiger charge is -2.34. The Morgan fingerprint density at radius 3 is 2.42 bits per heavy atom. The first-order valence-electron chi connectivity index (χ1n) is 9.55. The average Bonchev–Trinajstić information content (AvgIpc) is 3.01. The fourth-order valence-corrected chi connectivity index (χ4v) is 3.12. The highest BCUT2D eigenvalue weighted by Crippen LogP contribution is 2.19. The average molecular weight is 358 g/mol. The van der Waals surface area contributed by atoms with Gasteiger partial charge in [-0.1, -0.05) is 32.9 Å². The first kappa shape index (κ1) is 18.8. The minimum absolute atomic E-state index is 0.340. The van der Waals surface area contributed by atoms with Crippen LogP contribution in [0.1, 0.15) is 56.8 Å². The van der Waals surface area contributed by atoms with Gasteiger partial charge in [0.2, 0.25) is 5.89 Å². The van der Waals surface area contributed by atoms with Crippen molar-refractivity contribution < 1.29 is 4.52 Å². The van der Waals surface area contributed by atoms with Crippen LogP contribution in [-0.2, 0) is 13.0 Å². The third-order valence-corrected chi connectivity index (χ3v) is 4.53. The summed E-state index contributed by atoms with van der Waals surface area (Å²) in [4.78, 5) is 18.5. The first-order valence-corrected chi connectivity index (χ1v) is 9.55. The number of aromatic nitrogens is 4. The Labute approximate surface area is 155 Å². The van der Waals surface area contributed by atoms with Crippen molar-refractivity contribution in [3.8, 4) is 0 Å². The van der Waals surface area contributed by atoms with Gasteiger partial charge in [-0.2, -0.15) is 4.98 Å². The van der Waals surface area contributed by atoms with Gasteiger partial charge >= 0.3 is 0 Å². The Balaban J connectivity index is 1.57. The molecule has 7 nitrogen and oxygen atoms in total. The van der Waals surface area contributed by atoms with E-state index in [-0.39, 0.29) is 0 Å². The van der Waals surface area contributed by atoms with Crippen molar-refractivity contribution in [2.75, 3.05) is 31.1 Å². The number of rotatable bonds is 6. The predicted molar refractivity (Wildman–Crippen MR) is 101 cm³/mol. The smallest absolute Gasteiger partial charge is 0.240 e. The van der Waals surface area contributed by atoms with E-state index in [9.17, 15) is 0 Å². The summed E-state index contributed by atoms with van der Waals surface area (Å²) >= 11 is 0. The molecule has 0 N–H and O–H groups in total. The van der Waals surface area contributed by atoms with Gasteiger partial charge in [0.25, 0.3) is 0 Å². The molecule has 3 heterocycles. The third-order valence-electron chi connectivity index (χ3n) is 4.53. The molecule has 0 spiro atoms. The van der Waals surface area contributed by atoms with Crippen LogP contribution in [0.15, 0.2) is 10.6 Å². The number of anilines is 1. The second kappa shape index (κ2) is 8.12. The lowest BCUT2D eigenvalue weighted by Crippen LogP contribution is -2.46. The molecule has 0 atom stereocenters. The van der Waals surface area contributed by atoms with Crippen molar-refractivity contribution in [3.63, 3.8) is 0 Å². The second-order valence-electron chi connectivity index (χ2n) is 7.85. The van der Waals surface area contributed by atoms with E-state index < -0.39 is 0 Å². The Morgan fingerprint density at radius 2 is 1.77 bits per heavy atom. The summed E-state index contributed by atoms with van der Waals surface area (Å²) in [6.45, 7) is 15.2. The molecule has 26 heavy (non-hydrogen) atoms. The van der Waals surface area contributed by atoms with Gasteiger partial charge in [0, 0.05) is 50.3 Å². The number of aryl methyl sites for hydroxylation is 1. The highest BCUT2D eigenvalue weighted by Gasteiger charge is 2.21. The fraction of sp³-hybridized carbons (Fsp3) is 0.684. The molecule has 7 heteroatoms. The van der Waals surface area contributed by atoms with Gasteiger partial charge in [-0.3, -0.25) is 4.90 Å². The zero-order chi connectivity index (χ0) is 18.7. The summed E-state index contributed by atoms with van der Waals surface area (Å²) in [5, 5.41) is 4.08. The Morgan fingerprint density at radius 1 is 1.04 bits per heavy atom. The van der Waals surface area contributed by atoms with E-state index in [1.165, 1.54) is 0 Å². The van der Waals surface area contributed by atoms with Crippen LogP contribution in [0.5, 0.6) is 0 Å². The van der Waals surface area contributed by atoms with E-state index in [0.717, 1.165) is 62.3 Å². The van der Waals surface area contributed by atoms with Gasteiger partial charge in [0.1, 0.15) is 11.6 Å². The second-order valence-corrected chi connectivity index (χ2v) is 7.85. The molecule has 0 unspecified atom stereocenters. The standard InChI is InChI=1S/C19H30N6O/c1-13(2)10-16-21-18(26-23-16)12-24-6-8-25(9-7-24)17-11-15(5)20-19(22-17)14(3)4/h11,13-14H,6-10,12H2,1-5H3. The molecule has 0 bridgehead atoms. The van der Waals surface area contributed by atoms with E-state index >= 15 is 0 Å². The normalized spacial score (nSPS) is 16.0. The van der Waals surface area contributed by atoms with Gasteiger partial charge in [-0.25, -0.2) is 9.97 Å². The monoisotopic (exact) mass is 358 g/mol. The summed E-state index contributed by atoms with van der Waals surface area (Å²) in [6, 6.07) is 2.08. The van der Waals surface area contributed by atoms with Crippen LogP contribution in [0, 0.1) is 12.8 Å². The largest absolute Gasteiger partial charge is 0.354 e. The van der Waals surface area contributed by atoms with Crippen LogP contribution in [0.25, 0.3) is 0 Å². The van der Waals surface area contributed by atoms with Gasteiger partial charge in [-0.05, 0) is 12.8 Å². The van der Waals surface area contributed by atoms with Crippen LogP contribution in [0.2, 0.25) is 0 Å². The maximum absolute atomic E-state index is 5.40. The Bertz CT molecular complexity index is 719. The van der Waals surface area contributed by atoms with E-state index in [1.807, 2.05) is 6.92 Å². The number of nitrogens with zero attached hydrogens (tertiary/aromatic N) is 6. The van der Waals surface area contributed by atoms with E-state index in [2.05, 4.69) is 58.7 Å². The van der Waals surface area contributed by atoms with E-state index in [0.29, 0.717) is 17.7 Å². The summed E-state index contributed by atoms with van der Waals surface area (Å²) in [6.07, 6.45) is 0.864. The van der Waals surface area contributed by atoms with Gasteiger partial charge in [0.05, 0.1) is 6.54 Å². The molecule has 0 aromatic carbocycles. The molecular formula is C19H30N6O. The molecule has 0 amide bonds. The molecular weight excluding hydrogens is 328 g/mol. The highest BCUT2D eigenvalue weighted by atomic mass is 16.5.